The lowest BCUT2D eigenvalue weighted by atomic mass is 9.76. The van der Waals surface area contributed by atoms with E-state index in [1.165, 1.54) is 19.2 Å². The summed E-state index contributed by atoms with van der Waals surface area (Å²) in [6.07, 6.45) is 0. The van der Waals surface area contributed by atoms with Gasteiger partial charge in [-0.1, -0.05) is 17.7 Å². The van der Waals surface area contributed by atoms with Crippen LogP contribution in [0.15, 0.2) is 30.3 Å². The quantitative estimate of drug-likeness (QED) is 0.638. The number of urea groups is 1. The highest BCUT2D eigenvalue weighted by Crippen LogP contribution is 2.40. The first kappa shape index (κ1) is 22.9. The first-order valence-electron chi connectivity index (χ1n) is 10.5. The lowest BCUT2D eigenvalue weighted by Gasteiger charge is -2.32. The van der Waals surface area contributed by atoms with Crippen molar-refractivity contribution in [2.45, 2.75) is 38.9 Å². The molecular formula is C23H27BClFN2O4. The number of benzene rings is 2. The summed E-state index contributed by atoms with van der Waals surface area (Å²) in [5, 5.41) is 0.398. The number of nitrogens with zero attached hydrogens (tertiary/aromatic N) is 2. The number of hydrogen-bond donors (Lipinski definition) is 0. The predicted octanol–water partition coefficient (Wildman–Crippen LogP) is 4.33. The van der Waals surface area contributed by atoms with E-state index in [0.717, 1.165) is 0 Å². The summed E-state index contributed by atoms with van der Waals surface area (Å²) in [5.74, 6) is 0.00718. The van der Waals surface area contributed by atoms with Gasteiger partial charge >= 0.3 is 13.1 Å². The molecule has 0 aliphatic carbocycles. The van der Waals surface area contributed by atoms with Gasteiger partial charge in [0.15, 0.2) is 0 Å². The molecule has 2 aliphatic rings. The molecule has 2 heterocycles. The second-order valence-electron chi connectivity index (χ2n) is 9.19. The number of halogens is 2. The largest absolute Gasteiger partial charge is 0.498 e. The van der Waals surface area contributed by atoms with Gasteiger partial charge in [0.1, 0.15) is 11.6 Å². The van der Waals surface area contributed by atoms with Crippen molar-refractivity contribution < 1.29 is 23.2 Å². The van der Waals surface area contributed by atoms with Gasteiger partial charge in [-0.2, -0.15) is 0 Å². The summed E-state index contributed by atoms with van der Waals surface area (Å²) < 4.78 is 32.7. The van der Waals surface area contributed by atoms with Crippen molar-refractivity contribution in [2.24, 2.45) is 0 Å². The normalized spacial score (nSPS) is 19.8. The molecule has 2 aromatic rings. The van der Waals surface area contributed by atoms with Crippen molar-refractivity contribution in [3.05, 3.63) is 41.2 Å². The highest BCUT2D eigenvalue weighted by molar-refractivity contribution is 6.63. The molecule has 2 aromatic carbocycles. The van der Waals surface area contributed by atoms with Crippen LogP contribution in [0.1, 0.15) is 27.7 Å². The van der Waals surface area contributed by atoms with E-state index in [2.05, 4.69) is 0 Å². The third-order valence-electron chi connectivity index (χ3n) is 6.56. The first-order valence-corrected chi connectivity index (χ1v) is 10.9. The van der Waals surface area contributed by atoms with Gasteiger partial charge in [-0.15, -0.1) is 0 Å². The standard InChI is InChI=1S/C23H27BClFN2O4/c1-22(2)23(3,4)32-24(31-22)17-13-15(26)12-16(20(17)30-6)14-7-8-19(18(25)11-14)28-10-9-27(5)21(28)29/h7-8,11-13H,9-10H2,1-6H3. The third-order valence-corrected chi connectivity index (χ3v) is 6.86. The summed E-state index contributed by atoms with van der Waals surface area (Å²) >= 11 is 6.55. The highest BCUT2D eigenvalue weighted by Gasteiger charge is 2.52. The number of ether oxygens (including phenoxy) is 1. The monoisotopic (exact) mass is 460 g/mol. The van der Waals surface area contributed by atoms with Gasteiger partial charge in [-0.25, -0.2) is 9.18 Å². The summed E-state index contributed by atoms with van der Waals surface area (Å²) in [7, 11) is 2.50. The van der Waals surface area contributed by atoms with Gasteiger partial charge in [0, 0.05) is 31.2 Å². The van der Waals surface area contributed by atoms with Crippen LogP contribution in [-0.2, 0) is 9.31 Å². The molecule has 0 unspecified atom stereocenters. The van der Waals surface area contributed by atoms with Crippen LogP contribution < -0.4 is 15.1 Å². The molecule has 2 saturated heterocycles. The third kappa shape index (κ3) is 3.74. The van der Waals surface area contributed by atoms with Crippen molar-refractivity contribution >= 4 is 35.9 Å². The van der Waals surface area contributed by atoms with Crippen LogP contribution in [0.3, 0.4) is 0 Å². The van der Waals surface area contributed by atoms with E-state index >= 15 is 0 Å². The van der Waals surface area contributed by atoms with Crippen LogP contribution in [-0.4, -0.2) is 56.5 Å². The van der Waals surface area contributed by atoms with E-state index in [1.807, 2.05) is 27.7 Å². The zero-order valence-electron chi connectivity index (χ0n) is 19.2. The molecule has 0 aromatic heterocycles. The van der Waals surface area contributed by atoms with Crippen LogP contribution >= 0.6 is 11.6 Å². The average Bonchev–Trinajstić information content (AvgIpc) is 3.15. The van der Waals surface area contributed by atoms with E-state index in [9.17, 15) is 9.18 Å². The highest BCUT2D eigenvalue weighted by atomic mass is 35.5. The molecule has 4 rings (SSSR count). The lowest BCUT2D eigenvalue weighted by molar-refractivity contribution is 0.00578. The number of anilines is 1. The Morgan fingerprint density at radius 2 is 1.75 bits per heavy atom. The minimum absolute atomic E-state index is 0.106. The van der Waals surface area contributed by atoms with Crippen LogP contribution in [0.4, 0.5) is 14.9 Å². The molecule has 9 heteroatoms. The summed E-state index contributed by atoms with van der Waals surface area (Å²) in [6, 6.07) is 7.96. The molecule has 0 bridgehead atoms. The molecule has 170 valence electrons. The Balaban J connectivity index is 1.75. The van der Waals surface area contributed by atoms with Gasteiger partial charge in [-0.05, 0) is 57.5 Å². The number of methoxy groups -OCH3 is 1. The molecule has 2 amide bonds. The molecule has 0 atom stereocenters. The van der Waals surface area contributed by atoms with E-state index in [1.54, 1.807) is 35.0 Å². The van der Waals surface area contributed by atoms with Crippen LogP contribution in [0.2, 0.25) is 5.02 Å². The fourth-order valence-corrected chi connectivity index (χ4v) is 4.25. The minimum Gasteiger partial charge on any atom is -0.496 e. The zero-order chi connectivity index (χ0) is 23.4. The molecular weight excluding hydrogens is 434 g/mol. The molecule has 6 nitrogen and oxygen atoms in total. The fourth-order valence-electron chi connectivity index (χ4n) is 3.97. The van der Waals surface area contributed by atoms with E-state index in [0.29, 0.717) is 46.1 Å². The molecule has 0 spiro atoms. The van der Waals surface area contributed by atoms with Gasteiger partial charge in [-0.3, -0.25) is 4.90 Å². The lowest BCUT2D eigenvalue weighted by Crippen LogP contribution is -2.41. The maximum atomic E-state index is 14.7. The van der Waals surface area contributed by atoms with Gasteiger partial charge < -0.3 is 18.9 Å². The van der Waals surface area contributed by atoms with Crippen molar-refractivity contribution in [2.75, 3.05) is 32.1 Å². The molecule has 2 fully saturated rings. The molecule has 0 radical (unpaired) electrons. The minimum atomic E-state index is -0.781. The van der Waals surface area contributed by atoms with Crippen LogP contribution in [0.5, 0.6) is 5.75 Å². The van der Waals surface area contributed by atoms with E-state index in [-0.39, 0.29) is 6.03 Å². The number of likely N-dealkylation sites (N-methyl/N-ethyl adjacent to an activating group) is 1. The van der Waals surface area contributed by atoms with Crippen LogP contribution in [0.25, 0.3) is 11.1 Å². The zero-order valence-corrected chi connectivity index (χ0v) is 19.9. The second kappa shape index (κ2) is 7.94. The Morgan fingerprint density at radius 3 is 2.28 bits per heavy atom. The molecule has 2 aliphatic heterocycles. The SMILES string of the molecule is COc1c(B2OC(C)(C)C(C)(C)O2)cc(F)cc1-c1ccc(N2CCN(C)C2=O)c(Cl)c1. The Morgan fingerprint density at radius 1 is 1.09 bits per heavy atom. The van der Waals surface area contributed by atoms with E-state index < -0.39 is 24.1 Å². The molecule has 0 saturated carbocycles. The van der Waals surface area contributed by atoms with Crippen LogP contribution in [0, 0.1) is 5.82 Å². The van der Waals surface area contributed by atoms with Crippen molar-refractivity contribution in [1.29, 1.82) is 0 Å². The Hall–Kier alpha value is -2.29. The fraction of sp³-hybridized carbons (Fsp3) is 0.435. The maximum absolute atomic E-state index is 14.7. The number of hydrogen-bond acceptors (Lipinski definition) is 4. The van der Waals surface area contributed by atoms with Crippen molar-refractivity contribution in [3.63, 3.8) is 0 Å². The summed E-state index contributed by atoms with van der Waals surface area (Å²) in [6.45, 7) is 8.95. The van der Waals surface area contributed by atoms with Crippen molar-refractivity contribution in [3.8, 4) is 16.9 Å². The smallest absolute Gasteiger partial charge is 0.496 e. The average molecular weight is 461 g/mol. The second-order valence-corrected chi connectivity index (χ2v) is 9.59. The maximum Gasteiger partial charge on any atom is 0.498 e. The summed E-state index contributed by atoms with van der Waals surface area (Å²) in [4.78, 5) is 15.6. The Labute approximate surface area is 193 Å². The topological polar surface area (TPSA) is 51.2 Å². The van der Waals surface area contributed by atoms with E-state index in [4.69, 9.17) is 25.6 Å². The molecule has 0 N–H and O–H groups in total. The first-order chi connectivity index (χ1) is 14.9. The number of carbonyl (C=O) groups excluding carboxylic acids is 1. The number of amides is 2. The predicted molar refractivity (Wildman–Crippen MR) is 124 cm³/mol. The van der Waals surface area contributed by atoms with Gasteiger partial charge in [0.2, 0.25) is 0 Å². The van der Waals surface area contributed by atoms with Gasteiger partial charge in [0.25, 0.3) is 0 Å². The number of rotatable bonds is 4. The van der Waals surface area contributed by atoms with Gasteiger partial charge in [0.05, 0.1) is 29.0 Å². The number of carbonyl (C=O) groups is 1. The summed E-state index contributed by atoms with van der Waals surface area (Å²) in [5.41, 5.74) is 1.12. The van der Waals surface area contributed by atoms with Crippen molar-refractivity contribution in [1.82, 2.24) is 4.90 Å². The Bertz CT molecular complexity index is 1060. The molecule has 32 heavy (non-hydrogen) atoms. The Kier molecular flexibility index (Phi) is 5.68.